The Morgan fingerprint density at radius 3 is 2.72 bits per heavy atom. The number of ether oxygens (including phenoxy) is 1. The normalized spacial score (nSPS) is 16.0. The van der Waals surface area contributed by atoms with Gasteiger partial charge in [0.05, 0.1) is 0 Å². The molecule has 3 aromatic rings. The van der Waals surface area contributed by atoms with Crippen LogP contribution >= 0.6 is 0 Å². The molecule has 0 radical (unpaired) electrons. The molecule has 2 heterocycles. The fraction of sp³-hybridized carbons (Fsp3) is 0.292. The molecule has 1 saturated heterocycles. The second-order valence-electron chi connectivity index (χ2n) is 7.68. The summed E-state index contributed by atoms with van der Waals surface area (Å²) in [7, 11) is 0. The molecular weight excluding hydrogens is 409 g/mol. The summed E-state index contributed by atoms with van der Waals surface area (Å²) in [6, 6.07) is 15.6. The zero-order chi connectivity index (χ0) is 22.5. The molecule has 1 fully saturated rings. The third kappa shape index (κ3) is 4.80. The van der Waals surface area contributed by atoms with Gasteiger partial charge in [0.1, 0.15) is 12.1 Å². The van der Waals surface area contributed by atoms with Gasteiger partial charge in [-0.05, 0) is 37.1 Å². The molecule has 0 unspecified atom stereocenters. The van der Waals surface area contributed by atoms with E-state index in [-0.39, 0.29) is 23.7 Å². The lowest BCUT2D eigenvalue weighted by Gasteiger charge is -2.40. The van der Waals surface area contributed by atoms with Crippen molar-refractivity contribution in [1.82, 2.24) is 14.9 Å². The molecule has 1 N–H and O–H groups in total. The van der Waals surface area contributed by atoms with Crippen LogP contribution in [0.2, 0.25) is 0 Å². The molecule has 1 aromatic heterocycles. The lowest BCUT2D eigenvalue weighted by atomic mass is 10.1. The lowest BCUT2D eigenvalue weighted by molar-refractivity contribution is 0.184. The van der Waals surface area contributed by atoms with E-state index in [0.29, 0.717) is 25.5 Å². The fourth-order valence-corrected chi connectivity index (χ4v) is 3.80. The average Bonchev–Trinajstić information content (AvgIpc) is 2.81. The number of aromatic nitrogens is 2. The van der Waals surface area contributed by atoms with Crippen molar-refractivity contribution in [2.75, 3.05) is 29.9 Å². The van der Waals surface area contributed by atoms with Crippen LogP contribution in [0, 0.1) is 5.82 Å². The monoisotopic (exact) mass is 435 g/mol. The van der Waals surface area contributed by atoms with Gasteiger partial charge in [-0.1, -0.05) is 37.3 Å². The predicted molar refractivity (Wildman–Crippen MR) is 122 cm³/mol. The zero-order valence-corrected chi connectivity index (χ0v) is 18.2. The number of carbonyl (C=O) groups is 1. The van der Waals surface area contributed by atoms with Crippen molar-refractivity contribution < 1.29 is 13.9 Å². The van der Waals surface area contributed by atoms with Crippen molar-refractivity contribution in [3.8, 4) is 11.6 Å². The van der Waals surface area contributed by atoms with Crippen LogP contribution < -0.4 is 15.0 Å². The second kappa shape index (κ2) is 9.64. The Morgan fingerprint density at radius 1 is 1.16 bits per heavy atom. The largest absolute Gasteiger partial charge is 0.436 e. The maximum Gasteiger partial charge on any atom is 0.322 e. The van der Waals surface area contributed by atoms with Crippen LogP contribution in [0.5, 0.6) is 11.6 Å². The number of aryl methyl sites for hydroxylation is 1. The van der Waals surface area contributed by atoms with Crippen molar-refractivity contribution in [3.63, 3.8) is 0 Å². The van der Waals surface area contributed by atoms with Crippen LogP contribution in [0.4, 0.5) is 20.7 Å². The molecule has 0 spiro atoms. The summed E-state index contributed by atoms with van der Waals surface area (Å²) in [4.78, 5) is 25.2. The van der Waals surface area contributed by atoms with E-state index in [1.54, 1.807) is 24.3 Å². The molecule has 2 aromatic carbocycles. The third-order valence-electron chi connectivity index (χ3n) is 5.53. The van der Waals surface area contributed by atoms with Crippen molar-refractivity contribution >= 4 is 17.5 Å². The highest BCUT2D eigenvalue weighted by atomic mass is 19.1. The number of amides is 2. The third-order valence-corrected chi connectivity index (χ3v) is 5.53. The quantitative estimate of drug-likeness (QED) is 0.628. The second-order valence-corrected chi connectivity index (χ2v) is 7.68. The summed E-state index contributed by atoms with van der Waals surface area (Å²) in [5.74, 6) is 0.601. The molecule has 7 nitrogen and oxygen atoms in total. The summed E-state index contributed by atoms with van der Waals surface area (Å²) in [5, 5.41) is 3.05. The van der Waals surface area contributed by atoms with Gasteiger partial charge in [-0.25, -0.2) is 19.2 Å². The van der Waals surface area contributed by atoms with E-state index in [9.17, 15) is 9.18 Å². The Morgan fingerprint density at radius 2 is 1.94 bits per heavy atom. The number of anilines is 2. The highest BCUT2D eigenvalue weighted by Crippen LogP contribution is 2.26. The van der Waals surface area contributed by atoms with Gasteiger partial charge in [-0.2, -0.15) is 0 Å². The van der Waals surface area contributed by atoms with Crippen LogP contribution in [0.1, 0.15) is 19.4 Å². The molecule has 32 heavy (non-hydrogen) atoms. The molecule has 4 rings (SSSR count). The van der Waals surface area contributed by atoms with Gasteiger partial charge in [-0.15, -0.1) is 0 Å². The molecule has 0 aliphatic carbocycles. The molecule has 0 saturated carbocycles. The molecule has 8 heteroatoms. The first kappa shape index (κ1) is 21.5. The van der Waals surface area contributed by atoms with Crippen LogP contribution in [-0.2, 0) is 6.42 Å². The van der Waals surface area contributed by atoms with Crippen LogP contribution in [0.3, 0.4) is 0 Å². The van der Waals surface area contributed by atoms with Gasteiger partial charge >= 0.3 is 6.03 Å². The van der Waals surface area contributed by atoms with E-state index in [1.807, 2.05) is 36.1 Å². The van der Waals surface area contributed by atoms with Gasteiger partial charge in [0.15, 0.2) is 11.6 Å². The number of nitrogens with one attached hydrogen (secondary N) is 1. The number of rotatable bonds is 5. The van der Waals surface area contributed by atoms with E-state index in [0.717, 1.165) is 17.7 Å². The topological polar surface area (TPSA) is 70.6 Å². The van der Waals surface area contributed by atoms with E-state index in [4.69, 9.17) is 4.74 Å². The standard InChI is InChI=1S/C24H26FN5O2/c1-3-18-8-4-6-10-20(18)28-24(31)30-13-12-29(15-17(30)2)22-14-23(27-16-26-22)32-21-11-7-5-9-19(21)25/h4-11,14,16-17H,3,12-13,15H2,1-2H3,(H,28,31)/t17-/m1/s1. The maximum absolute atomic E-state index is 13.9. The van der Waals surface area contributed by atoms with E-state index in [1.165, 1.54) is 12.4 Å². The number of nitrogens with zero attached hydrogens (tertiary/aromatic N) is 4. The fourth-order valence-electron chi connectivity index (χ4n) is 3.80. The van der Waals surface area contributed by atoms with Gasteiger partial charge in [0.2, 0.25) is 5.88 Å². The molecule has 2 amide bonds. The van der Waals surface area contributed by atoms with E-state index in [2.05, 4.69) is 27.1 Å². The number of hydrogen-bond donors (Lipinski definition) is 1. The minimum absolute atomic E-state index is 0.0246. The Bertz CT molecular complexity index is 1090. The summed E-state index contributed by atoms with van der Waals surface area (Å²) in [6.45, 7) is 5.85. The first-order valence-electron chi connectivity index (χ1n) is 10.7. The molecule has 1 aliphatic rings. The minimum atomic E-state index is -0.453. The molecule has 0 bridgehead atoms. The predicted octanol–water partition coefficient (Wildman–Crippen LogP) is 4.71. The zero-order valence-electron chi connectivity index (χ0n) is 18.2. The first-order chi connectivity index (χ1) is 15.5. The lowest BCUT2D eigenvalue weighted by Crippen LogP contribution is -2.55. The minimum Gasteiger partial charge on any atom is -0.436 e. The first-order valence-corrected chi connectivity index (χ1v) is 10.7. The van der Waals surface area contributed by atoms with Gasteiger partial charge in [-0.3, -0.25) is 0 Å². The Labute approximate surface area is 186 Å². The van der Waals surface area contributed by atoms with E-state index >= 15 is 0 Å². The van der Waals surface area contributed by atoms with Crippen LogP contribution in [-0.4, -0.2) is 46.6 Å². The van der Waals surface area contributed by atoms with Crippen LogP contribution in [0.25, 0.3) is 0 Å². The number of benzene rings is 2. The van der Waals surface area contributed by atoms with Crippen LogP contribution in [0.15, 0.2) is 60.9 Å². The highest BCUT2D eigenvalue weighted by Gasteiger charge is 2.28. The van der Waals surface area contributed by atoms with Crippen molar-refractivity contribution in [2.24, 2.45) is 0 Å². The highest BCUT2D eigenvalue weighted by molar-refractivity contribution is 5.90. The number of carbonyl (C=O) groups excluding carboxylic acids is 1. The maximum atomic E-state index is 13.9. The molecule has 1 aliphatic heterocycles. The van der Waals surface area contributed by atoms with Crippen molar-refractivity contribution in [3.05, 3.63) is 72.3 Å². The van der Waals surface area contributed by atoms with Crippen molar-refractivity contribution in [1.29, 1.82) is 0 Å². The Balaban J connectivity index is 1.41. The van der Waals surface area contributed by atoms with Gasteiger partial charge in [0, 0.05) is 37.4 Å². The molecular formula is C24H26FN5O2. The summed E-state index contributed by atoms with van der Waals surface area (Å²) in [6.07, 6.45) is 2.25. The summed E-state index contributed by atoms with van der Waals surface area (Å²) < 4.78 is 19.5. The summed E-state index contributed by atoms with van der Waals surface area (Å²) >= 11 is 0. The number of piperazine rings is 1. The van der Waals surface area contributed by atoms with Gasteiger partial charge in [0.25, 0.3) is 0 Å². The number of hydrogen-bond acceptors (Lipinski definition) is 5. The molecule has 1 atom stereocenters. The Kier molecular flexibility index (Phi) is 6.49. The molecule has 166 valence electrons. The SMILES string of the molecule is CCc1ccccc1NC(=O)N1CCN(c2cc(Oc3ccccc3F)ncn2)C[C@H]1C. The van der Waals surface area contributed by atoms with Crippen molar-refractivity contribution in [2.45, 2.75) is 26.3 Å². The van der Waals surface area contributed by atoms with Gasteiger partial charge < -0.3 is 19.9 Å². The average molecular weight is 436 g/mol. The number of halogens is 1. The smallest absolute Gasteiger partial charge is 0.322 e. The van der Waals surface area contributed by atoms with E-state index < -0.39 is 5.82 Å². The Hall–Kier alpha value is -3.68. The number of para-hydroxylation sites is 2. The summed E-state index contributed by atoms with van der Waals surface area (Å²) in [5.41, 5.74) is 1.95. The number of urea groups is 1.